The molecule has 0 saturated carbocycles. The summed E-state index contributed by atoms with van der Waals surface area (Å²) in [6.07, 6.45) is 6.32. The van der Waals surface area contributed by atoms with Crippen LogP contribution in [-0.2, 0) is 4.74 Å². The van der Waals surface area contributed by atoms with E-state index in [0.717, 1.165) is 62.5 Å². The van der Waals surface area contributed by atoms with Gasteiger partial charge in [0.2, 0.25) is 0 Å². The van der Waals surface area contributed by atoms with Crippen molar-refractivity contribution in [2.45, 2.75) is 38.8 Å². The molecule has 1 unspecified atom stereocenters. The number of rotatable bonds is 4. The Hall–Kier alpha value is -2.61. The molecule has 0 bridgehead atoms. The van der Waals surface area contributed by atoms with E-state index in [1.165, 1.54) is 5.57 Å². The maximum atomic E-state index is 11.9. The first-order valence-corrected chi connectivity index (χ1v) is 11.5. The summed E-state index contributed by atoms with van der Waals surface area (Å²) in [5.74, 6) is -0.821. The third kappa shape index (κ3) is 9.42. The third-order valence-corrected chi connectivity index (χ3v) is 5.32. The lowest BCUT2D eigenvalue weighted by molar-refractivity contribution is 0.129. The summed E-state index contributed by atoms with van der Waals surface area (Å²) >= 11 is 0. The molecule has 0 aromatic heterocycles. The largest absolute Gasteiger partial charge is 0.380 e. The number of nitrogens with zero attached hydrogens (tertiary/aromatic N) is 3. The molecule has 2 aliphatic heterocycles. The molecule has 180 valence electrons. The second kappa shape index (κ2) is 14.5. The molecule has 2 N–H and O–H groups in total. The zero-order valence-electron chi connectivity index (χ0n) is 19.8. The molecule has 1 fully saturated rings. The monoisotopic (exact) mass is 458 g/mol. The number of benzene rings is 2. The summed E-state index contributed by atoms with van der Waals surface area (Å²) in [5, 5.41) is 6.46. The van der Waals surface area contributed by atoms with Crippen molar-refractivity contribution in [3.05, 3.63) is 77.9 Å². The topological polar surface area (TPSA) is 54.1 Å². The summed E-state index contributed by atoms with van der Waals surface area (Å²) < 4.78 is 29.4. The van der Waals surface area contributed by atoms with Gasteiger partial charge >= 0.3 is 0 Å². The average molecular weight is 459 g/mol. The van der Waals surface area contributed by atoms with Crippen LogP contribution in [0.1, 0.15) is 26.7 Å². The minimum absolute atomic E-state index is 0.157. The van der Waals surface area contributed by atoms with Gasteiger partial charge in [0.15, 0.2) is 0 Å². The Balaban J connectivity index is 0.000000323. The van der Waals surface area contributed by atoms with Gasteiger partial charge in [-0.1, -0.05) is 38.1 Å². The predicted octanol–water partition coefficient (Wildman–Crippen LogP) is 4.85. The Labute approximate surface area is 196 Å². The molecular formula is C26H36F2N4O. The van der Waals surface area contributed by atoms with Crippen LogP contribution in [-0.4, -0.2) is 56.5 Å². The highest BCUT2D eigenvalue weighted by Gasteiger charge is 2.26. The Morgan fingerprint density at radius 2 is 1.70 bits per heavy atom. The van der Waals surface area contributed by atoms with E-state index < -0.39 is 11.6 Å². The van der Waals surface area contributed by atoms with E-state index in [1.54, 1.807) is 0 Å². The number of halogens is 2. The minimum Gasteiger partial charge on any atom is -0.380 e. The standard InChI is InChI=1S/C18H26N4O.C6H4F2.C2H6/c1-21(17-5-3-2-4-6-17)20-12-15-7-9-22(13-15)18-8-10-23-14-16(19)11-18;7-5-1-2-6(8)4-3-5;1-2/h2-7,12,16,18H,8-11,13-14,19H2,1H3;1-4H;1-2H3/b20-12-;;/t16-,18?;;/m0../s1. The van der Waals surface area contributed by atoms with Crippen LogP contribution in [0.4, 0.5) is 14.5 Å². The lowest BCUT2D eigenvalue weighted by atomic mass is 10.1. The third-order valence-electron chi connectivity index (χ3n) is 5.32. The first kappa shape index (κ1) is 26.6. The van der Waals surface area contributed by atoms with Gasteiger partial charge in [-0.15, -0.1) is 0 Å². The van der Waals surface area contributed by atoms with Crippen molar-refractivity contribution in [3.63, 3.8) is 0 Å². The Kier molecular flexibility index (Phi) is 11.7. The number of hydrogen-bond acceptors (Lipinski definition) is 5. The quantitative estimate of drug-likeness (QED) is 0.526. The van der Waals surface area contributed by atoms with Gasteiger partial charge in [-0.25, -0.2) is 8.78 Å². The second-order valence-corrected chi connectivity index (χ2v) is 7.76. The van der Waals surface area contributed by atoms with Crippen LogP contribution in [0.3, 0.4) is 0 Å². The molecule has 2 aromatic rings. The molecule has 2 aromatic carbocycles. The summed E-state index contributed by atoms with van der Waals surface area (Å²) in [6, 6.07) is 15.2. The maximum absolute atomic E-state index is 11.9. The molecule has 2 aliphatic rings. The molecule has 0 spiro atoms. The highest BCUT2D eigenvalue weighted by Crippen LogP contribution is 2.20. The summed E-state index contributed by atoms with van der Waals surface area (Å²) in [7, 11) is 1.97. The first-order valence-electron chi connectivity index (χ1n) is 11.5. The molecule has 1 saturated heterocycles. The summed E-state index contributed by atoms with van der Waals surface area (Å²) in [5.41, 5.74) is 8.45. The number of hydrogen-bond donors (Lipinski definition) is 1. The number of anilines is 1. The lowest BCUT2D eigenvalue weighted by Crippen LogP contribution is -2.38. The molecule has 0 radical (unpaired) electrons. The number of ether oxygens (including phenoxy) is 1. The van der Waals surface area contributed by atoms with E-state index in [0.29, 0.717) is 12.6 Å². The van der Waals surface area contributed by atoms with Crippen molar-refractivity contribution in [3.8, 4) is 0 Å². The average Bonchev–Trinajstić information content (AvgIpc) is 3.22. The molecule has 5 nitrogen and oxygen atoms in total. The molecule has 33 heavy (non-hydrogen) atoms. The van der Waals surface area contributed by atoms with E-state index in [4.69, 9.17) is 10.5 Å². The highest BCUT2D eigenvalue weighted by atomic mass is 19.1. The second-order valence-electron chi connectivity index (χ2n) is 7.76. The maximum Gasteiger partial charge on any atom is 0.123 e. The van der Waals surface area contributed by atoms with Gasteiger partial charge < -0.3 is 10.5 Å². The normalized spacial score (nSPS) is 20.7. The fraction of sp³-hybridized carbons (Fsp3) is 0.423. The van der Waals surface area contributed by atoms with Gasteiger partial charge in [-0.3, -0.25) is 9.91 Å². The van der Waals surface area contributed by atoms with Crippen molar-refractivity contribution in [2.24, 2.45) is 10.8 Å². The number of hydrazone groups is 1. The van der Waals surface area contributed by atoms with Crippen LogP contribution in [0, 0.1) is 11.6 Å². The van der Waals surface area contributed by atoms with Crippen LogP contribution >= 0.6 is 0 Å². The first-order chi connectivity index (χ1) is 16.0. The summed E-state index contributed by atoms with van der Waals surface area (Å²) in [4.78, 5) is 2.48. The predicted molar refractivity (Wildman–Crippen MR) is 133 cm³/mol. The molecule has 2 heterocycles. The Morgan fingerprint density at radius 1 is 1.06 bits per heavy atom. The molecule has 4 rings (SSSR count). The van der Waals surface area contributed by atoms with E-state index in [2.05, 4.69) is 28.2 Å². The van der Waals surface area contributed by atoms with E-state index in [-0.39, 0.29) is 6.04 Å². The van der Waals surface area contributed by atoms with E-state index in [9.17, 15) is 8.78 Å². The van der Waals surface area contributed by atoms with Gasteiger partial charge in [0.25, 0.3) is 0 Å². The minimum atomic E-state index is -0.411. The van der Waals surface area contributed by atoms with Crippen LogP contribution < -0.4 is 10.7 Å². The number of nitrogens with two attached hydrogens (primary N) is 1. The van der Waals surface area contributed by atoms with Crippen LogP contribution in [0.2, 0.25) is 0 Å². The summed E-state index contributed by atoms with van der Waals surface area (Å²) in [6.45, 7) is 7.43. The van der Waals surface area contributed by atoms with E-state index >= 15 is 0 Å². The van der Waals surface area contributed by atoms with Crippen LogP contribution in [0.5, 0.6) is 0 Å². The van der Waals surface area contributed by atoms with Crippen LogP contribution in [0.25, 0.3) is 0 Å². The zero-order chi connectivity index (χ0) is 24.1. The molecule has 0 amide bonds. The fourth-order valence-electron chi connectivity index (χ4n) is 3.59. The van der Waals surface area contributed by atoms with E-state index in [1.807, 2.05) is 50.3 Å². The Bertz CT molecular complexity index is 837. The van der Waals surface area contributed by atoms with Gasteiger partial charge in [0, 0.05) is 38.8 Å². The van der Waals surface area contributed by atoms with Crippen molar-refractivity contribution in [2.75, 3.05) is 38.4 Å². The molecule has 0 aliphatic carbocycles. The lowest BCUT2D eigenvalue weighted by Gasteiger charge is -2.27. The SMILES string of the molecule is CC.CN(/N=C\C1=CCN(C2CCOC[C@@H](N)C2)C1)c1ccccc1.Fc1ccc(F)cc1. The molecule has 7 heteroatoms. The smallest absolute Gasteiger partial charge is 0.123 e. The van der Waals surface area contributed by atoms with Gasteiger partial charge in [-0.05, 0) is 54.8 Å². The molecule has 2 atom stereocenters. The van der Waals surface area contributed by atoms with Gasteiger partial charge in [-0.2, -0.15) is 5.10 Å². The van der Waals surface area contributed by atoms with Crippen molar-refractivity contribution in [1.29, 1.82) is 0 Å². The molecular weight excluding hydrogens is 422 g/mol. The number of para-hydroxylation sites is 1. The van der Waals surface area contributed by atoms with Crippen molar-refractivity contribution < 1.29 is 13.5 Å². The van der Waals surface area contributed by atoms with Gasteiger partial charge in [0.1, 0.15) is 11.6 Å². The fourth-order valence-corrected chi connectivity index (χ4v) is 3.59. The highest BCUT2D eigenvalue weighted by molar-refractivity contribution is 5.80. The van der Waals surface area contributed by atoms with Crippen LogP contribution in [0.15, 0.2) is 71.3 Å². The zero-order valence-corrected chi connectivity index (χ0v) is 19.8. The van der Waals surface area contributed by atoms with Gasteiger partial charge in [0.05, 0.1) is 18.5 Å². The van der Waals surface area contributed by atoms with Crippen molar-refractivity contribution >= 4 is 11.9 Å². The Morgan fingerprint density at radius 3 is 2.33 bits per heavy atom. The van der Waals surface area contributed by atoms with Crippen molar-refractivity contribution in [1.82, 2.24) is 4.90 Å².